The van der Waals surface area contributed by atoms with Crippen LogP contribution in [0, 0.1) is 16.0 Å². The topological polar surface area (TPSA) is 68.1 Å². The molecule has 1 aliphatic rings. The van der Waals surface area contributed by atoms with Crippen molar-refractivity contribution in [3.05, 3.63) is 28.6 Å². The van der Waals surface area contributed by atoms with Crippen molar-refractivity contribution in [3.63, 3.8) is 0 Å². The number of hydrogen-bond acceptors (Lipinski definition) is 4. The summed E-state index contributed by atoms with van der Waals surface area (Å²) in [6.45, 7) is 2.18. The summed E-state index contributed by atoms with van der Waals surface area (Å²) in [6.07, 6.45) is 5.01. The molecular weight excluding hydrogens is 194 g/mol. The van der Waals surface area contributed by atoms with Crippen LogP contribution >= 0.6 is 0 Å². The average molecular weight is 207 g/mol. The van der Waals surface area contributed by atoms with E-state index in [9.17, 15) is 10.1 Å². The molecule has 2 rings (SSSR count). The van der Waals surface area contributed by atoms with Crippen molar-refractivity contribution in [2.75, 3.05) is 5.32 Å². The highest BCUT2D eigenvalue weighted by atomic mass is 16.6. The van der Waals surface area contributed by atoms with Crippen LogP contribution in [0.5, 0.6) is 0 Å². The van der Waals surface area contributed by atoms with Crippen LogP contribution in [-0.4, -0.2) is 15.9 Å². The summed E-state index contributed by atoms with van der Waals surface area (Å²) in [5.74, 6) is 0.725. The van der Waals surface area contributed by atoms with Gasteiger partial charge in [-0.1, -0.05) is 6.92 Å². The van der Waals surface area contributed by atoms with Gasteiger partial charge in [-0.05, 0) is 24.8 Å². The maximum Gasteiger partial charge on any atom is 0.310 e. The molecule has 5 nitrogen and oxygen atoms in total. The SMILES string of the molecule is CC1CC(Nc2ccncc2[N+](=O)[O-])C1. The Balaban J connectivity index is 2.10. The summed E-state index contributed by atoms with van der Waals surface area (Å²) < 4.78 is 0. The van der Waals surface area contributed by atoms with E-state index in [4.69, 9.17) is 0 Å². The van der Waals surface area contributed by atoms with E-state index in [1.165, 1.54) is 6.20 Å². The van der Waals surface area contributed by atoms with Crippen molar-refractivity contribution in [1.29, 1.82) is 0 Å². The molecule has 0 saturated heterocycles. The van der Waals surface area contributed by atoms with E-state index in [-0.39, 0.29) is 5.69 Å². The second-order valence-electron chi connectivity index (χ2n) is 4.07. The smallest absolute Gasteiger partial charge is 0.310 e. The quantitative estimate of drug-likeness (QED) is 0.609. The number of nitrogens with zero attached hydrogens (tertiary/aromatic N) is 2. The van der Waals surface area contributed by atoms with Crippen LogP contribution in [0.3, 0.4) is 0 Å². The first-order chi connectivity index (χ1) is 7.16. The molecule has 0 amide bonds. The first-order valence-electron chi connectivity index (χ1n) is 5.01. The van der Waals surface area contributed by atoms with Crippen LogP contribution in [-0.2, 0) is 0 Å². The average Bonchev–Trinajstić information content (AvgIpc) is 2.16. The van der Waals surface area contributed by atoms with Gasteiger partial charge in [-0.15, -0.1) is 0 Å². The minimum Gasteiger partial charge on any atom is -0.377 e. The summed E-state index contributed by atoms with van der Waals surface area (Å²) in [5, 5.41) is 13.9. The summed E-state index contributed by atoms with van der Waals surface area (Å²) in [6, 6.07) is 2.03. The highest BCUT2D eigenvalue weighted by Gasteiger charge is 2.27. The van der Waals surface area contributed by atoms with Gasteiger partial charge in [-0.2, -0.15) is 0 Å². The third-order valence-corrected chi connectivity index (χ3v) is 2.73. The zero-order chi connectivity index (χ0) is 10.8. The summed E-state index contributed by atoms with van der Waals surface area (Å²) >= 11 is 0. The summed E-state index contributed by atoms with van der Waals surface area (Å²) in [7, 11) is 0. The number of nitro groups is 1. The fourth-order valence-electron chi connectivity index (χ4n) is 1.89. The molecule has 5 heteroatoms. The standard InChI is InChI=1S/C10H13N3O2/c1-7-4-8(5-7)12-9-2-3-11-6-10(9)13(14)15/h2-3,6-8H,4-5H2,1H3,(H,11,12). The van der Waals surface area contributed by atoms with Gasteiger partial charge in [0.25, 0.3) is 0 Å². The van der Waals surface area contributed by atoms with Gasteiger partial charge < -0.3 is 5.32 Å². The lowest BCUT2D eigenvalue weighted by Crippen LogP contribution is -2.33. The second kappa shape index (κ2) is 3.84. The van der Waals surface area contributed by atoms with Crippen LogP contribution in [0.25, 0.3) is 0 Å². The Morgan fingerprint density at radius 1 is 1.60 bits per heavy atom. The first kappa shape index (κ1) is 9.89. The molecule has 1 aromatic heterocycles. The number of pyridine rings is 1. The molecule has 0 radical (unpaired) electrons. The number of aromatic nitrogens is 1. The van der Waals surface area contributed by atoms with E-state index in [1.54, 1.807) is 12.3 Å². The highest BCUT2D eigenvalue weighted by Crippen LogP contribution is 2.32. The fourth-order valence-corrected chi connectivity index (χ4v) is 1.89. The molecule has 80 valence electrons. The molecule has 15 heavy (non-hydrogen) atoms. The molecule has 1 N–H and O–H groups in total. The van der Waals surface area contributed by atoms with E-state index in [0.717, 1.165) is 18.8 Å². The van der Waals surface area contributed by atoms with E-state index >= 15 is 0 Å². The van der Waals surface area contributed by atoms with Gasteiger partial charge in [0, 0.05) is 12.2 Å². The van der Waals surface area contributed by atoms with Gasteiger partial charge in [0.1, 0.15) is 11.9 Å². The predicted molar refractivity (Wildman–Crippen MR) is 56.7 cm³/mol. The molecule has 0 aliphatic heterocycles. The van der Waals surface area contributed by atoms with Gasteiger partial charge in [0.15, 0.2) is 0 Å². The van der Waals surface area contributed by atoms with E-state index in [1.807, 2.05) is 0 Å². The molecule has 1 saturated carbocycles. The largest absolute Gasteiger partial charge is 0.377 e. The zero-order valence-electron chi connectivity index (χ0n) is 8.51. The minimum absolute atomic E-state index is 0.0528. The molecule has 1 heterocycles. The maximum absolute atomic E-state index is 10.7. The molecule has 0 spiro atoms. The van der Waals surface area contributed by atoms with Crippen molar-refractivity contribution >= 4 is 11.4 Å². The monoisotopic (exact) mass is 207 g/mol. The number of hydrogen-bond donors (Lipinski definition) is 1. The fraction of sp³-hybridized carbons (Fsp3) is 0.500. The minimum atomic E-state index is -0.405. The Bertz CT molecular complexity index is 375. The van der Waals surface area contributed by atoms with Crippen LogP contribution in [0.2, 0.25) is 0 Å². The van der Waals surface area contributed by atoms with E-state index < -0.39 is 4.92 Å². The number of anilines is 1. The van der Waals surface area contributed by atoms with E-state index in [0.29, 0.717) is 11.7 Å². The lowest BCUT2D eigenvalue weighted by molar-refractivity contribution is -0.384. The summed E-state index contributed by atoms with van der Waals surface area (Å²) in [5.41, 5.74) is 0.629. The van der Waals surface area contributed by atoms with E-state index in [2.05, 4.69) is 17.2 Å². The third-order valence-electron chi connectivity index (χ3n) is 2.73. The number of nitrogens with one attached hydrogen (secondary N) is 1. The Labute approximate surface area is 87.7 Å². The Hall–Kier alpha value is -1.65. The van der Waals surface area contributed by atoms with Gasteiger partial charge in [-0.25, -0.2) is 0 Å². The molecule has 1 aliphatic carbocycles. The molecule has 0 atom stereocenters. The molecular formula is C10H13N3O2. The Morgan fingerprint density at radius 2 is 2.33 bits per heavy atom. The third kappa shape index (κ3) is 2.06. The highest BCUT2D eigenvalue weighted by molar-refractivity contribution is 5.60. The Morgan fingerprint density at radius 3 is 2.93 bits per heavy atom. The molecule has 0 unspecified atom stereocenters. The zero-order valence-corrected chi connectivity index (χ0v) is 8.51. The maximum atomic E-state index is 10.7. The van der Waals surface area contributed by atoms with Crippen LogP contribution in [0.1, 0.15) is 19.8 Å². The van der Waals surface area contributed by atoms with Crippen LogP contribution in [0.4, 0.5) is 11.4 Å². The molecule has 1 aromatic rings. The lowest BCUT2D eigenvalue weighted by Gasteiger charge is -2.33. The Kier molecular flexibility index (Phi) is 2.53. The van der Waals surface area contributed by atoms with Crippen molar-refractivity contribution in [2.45, 2.75) is 25.8 Å². The van der Waals surface area contributed by atoms with Crippen molar-refractivity contribution < 1.29 is 4.92 Å². The lowest BCUT2D eigenvalue weighted by atomic mass is 9.82. The molecule has 0 aromatic carbocycles. The first-order valence-corrected chi connectivity index (χ1v) is 5.01. The normalized spacial score (nSPS) is 24.3. The molecule has 0 bridgehead atoms. The van der Waals surface area contributed by atoms with Gasteiger partial charge in [-0.3, -0.25) is 15.1 Å². The van der Waals surface area contributed by atoms with Crippen molar-refractivity contribution in [2.24, 2.45) is 5.92 Å². The number of rotatable bonds is 3. The van der Waals surface area contributed by atoms with Gasteiger partial charge in [0.2, 0.25) is 0 Å². The van der Waals surface area contributed by atoms with Crippen molar-refractivity contribution in [1.82, 2.24) is 4.98 Å². The summed E-state index contributed by atoms with van der Waals surface area (Å²) in [4.78, 5) is 14.0. The van der Waals surface area contributed by atoms with Crippen LogP contribution in [0.15, 0.2) is 18.5 Å². The van der Waals surface area contributed by atoms with Gasteiger partial charge in [0.05, 0.1) is 4.92 Å². The van der Waals surface area contributed by atoms with Gasteiger partial charge >= 0.3 is 5.69 Å². The predicted octanol–water partition coefficient (Wildman–Crippen LogP) is 2.20. The second-order valence-corrected chi connectivity index (χ2v) is 4.07. The van der Waals surface area contributed by atoms with Crippen LogP contribution < -0.4 is 5.32 Å². The van der Waals surface area contributed by atoms with Crippen molar-refractivity contribution in [3.8, 4) is 0 Å². The molecule has 1 fully saturated rings.